The van der Waals surface area contributed by atoms with Crippen LogP contribution in [0.15, 0.2) is 69.3 Å². The number of nitrogens with one attached hydrogen (secondary N) is 2. The lowest BCUT2D eigenvalue weighted by molar-refractivity contribution is 0.0725. The Morgan fingerprint density at radius 2 is 1.67 bits per heavy atom. The molecule has 10 heteroatoms. The molecule has 3 aromatic rings. The van der Waals surface area contributed by atoms with Gasteiger partial charge in [-0.3, -0.25) is 14.3 Å². The highest BCUT2D eigenvalue weighted by Crippen LogP contribution is 2.31. The van der Waals surface area contributed by atoms with Crippen molar-refractivity contribution in [3.8, 4) is 0 Å². The number of amides is 2. The number of carbonyl (C=O) groups is 2. The number of nitrogens with zero attached hydrogens (tertiary/aromatic N) is 1. The minimum Gasteiger partial charge on any atom is -0.339 e. The van der Waals surface area contributed by atoms with Gasteiger partial charge in [-0.05, 0) is 61.7 Å². The molecular weight excluding hydrogens is 526 g/mol. The van der Waals surface area contributed by atoms with Crippen molar-refractivity contribution in [1.29, 1.82) is 0 Å². The number of rotatable bonds is 6. The predicted octanol–water partition coefficient (Wildman–Crippen LogP) is 5.19. The summed E-state index contributed by atoms with van der Waals surface area (Å²) in [5, 5.41) is 3.12. The van der Waals surface area contributed by atoms with Crippen molar-refractivity contribution >= 4 is 59.8 Å². The van der Waals surface area contributed by atoms with Crippen LogP contribution in [0.1, 0.15) is 40.0 Å². The first-order valence-electron chi connectivity index (χ1n) is 10.4. The fraction of sp³-hybridized carbons (Fsp3) is 0.217. The molecule has 0 aliphatic carbocycles. The van der Waals surface area contributed by atoms with Gasteiger partial charge in [-0.15, -0.1) is 11.3 Å². The molecule has 0 atom stereocenters. The van der Waals surface area contributed by atoms with Gasteiger partial charge in [-0.25, -0.2) is 8.42 Å². The molecule has 1 fully saturated rings. The molecule has 172 valence electrons. The van der Waals surface area contributed by atoms with Crippen LogP contribution in [0.25, 0.3) is 0 Å². The summed E-state index contributed by atoms with van der Waals surface area (Å²) in [6.07, 6.45) is 2.97. The maximum atomic E-state index is 13.1. The highest BCUT2D eigenvalue weighted by atomic mass is 79.9. The molecule has 1 aliphatic rings. The van der Waals surface area contributed by atoms with E-state index in [0.29, 0.717) is 33.7 Å². The number of benzene rings is 2. The zero-order chi connectivity index (χ0) is 23.4. The van der Waals surface area contributed by atoms with E-state index in [4.69, 9.17) is 0 Å². The summed E-state index contributed by atoms with van der Waals surface area (Å²) >= 11 is 4.29. The van der Waals surface area contributed by atoms with E-state index in [1.54, 1.807) is 53.4 Å². The number of likely N-dealkylation sites (tertiary alicyclic amines) is 1. The Labute approximate surface area is 205 Å². The molecule has 2 aromatic carbocycles. The Balaban J connectivity index is 1.54. The second-order valence-electron chi connectivity index (χ2n) is 7.59. The van der Waals surface area contributed by atoms with Crippen molar-refractivity contribution in [3.05, 3.63) is 76.3 Å². The van der Waals surface area contributed by atoms with Crippen LogP contribution in [-0.2, 0) is 10.0 Å². The van der Waals surface area contributed by atoms with Gasteiger partial charge in [-0.1, -0.05) is 34.1 Å². The van der Waals surface area contributed by atoms with Crippen LogP contribution in [0.4, 0.5) is 10.7 Å². The topological polar surface area (TPSA) is 95.6 Å². The van der Waals surface area contributed by atoms with Crippen molar-refractivity contribution in [2.45, 2.75) is 23.5 Å². The average Bonchev–Trinajstić information content (AvgIpc) is 3.29. The van der Waals surface area contributed by atoms with Gasteiger partial charge in [0.15, 0.2) is 0 Å². The zero-order valence-corrected chi connectivity index (χ0v) is 20.8. The van der Waals surface area contributed by atoms with Gasteiger partial charge >= 0.3 is 0 Å². The van der Waals surface area contributed by atoms with Gasteiger partial charge in [-0.2, -0.15) is 0 Å². The molecule has 0 bridgehead atoms. The van der Waals surface area contributed by atoms with Crippen LogP contribution < -0.4 is 10.0 Å². The van der Waals surface area contributed by atoms with E-state index in [2.05, 4.69) is 26.0 Å². The Hall–Kier alpha value is -2.69. The number of sulfonamides is 1. The average molecular weight is 548 g/mol. The molecule has 1 saturated heterocycles. The largest absolute Gasteiger partial charge is 0.339 e. The number of carbonyl (C=O) groups excluding carboxylic acids is 2. The minimum atomic E-state index is -3.97. The monoisotopic (exact) mass is 547 g/mol. The van der Waals surface area contributed by atoms with E-state index >= 15 is 0 Å². The fourth-order valence-electron chi connectivity index (χ4n) is 3.56. The highest BCUT2D eigenvalue weighted by molar-refractivity contribution is 9.10. The van der Waals surface area contributed by atoms with Crippen LogP contribution in [0.2, 0.25) is 0 Å². The molecule has 2 N–H and O–H groups in total. The lowest BCUT2D eigenvalue weighted by Gasteiger charge is -2.27. The lowest BCUT2D eigenvalue weighted by Crippen LogP contribution is -2.36. The van der Waals surface area contributed by atoms with Crippen molar-refractivity contribution in [2.75, 3.05) is 23.1 Å². The molecule has 0 spiro atoms. The van der Waals surface area contributed by atoms with E-state index in [-0.39, 0.29) is 21.7 Å². The molecule has 0 radical (unpaired) electrons. The van der Waals surface area contributed by atoms with Crippen molar-refractivity contribution < 1.29 is 18.0 Å². The van der Waals surface area contributed by atoms with E-state index in [9.17, 15) is 18.0 Å². The first kappa shape index (κ1) is 23.5. The van der Waals surface area contributed by atoms with Crippen LogP contribution in [0.5, 0.6) is 0 Å². The zero-order valence-electron chi connectivity index (χ0n) is 17.6. The third-order valence-corrected chi connectivity index (χ3v) is 8.57. The third-order valence-electron chi connectivity index (χ3n) is 5.22. The molecule has 2 heterocycles. The number of hydrogen-bond acceptors (Lipinski definition) is 5. The van der Waals surface area contributed by atoms with Crippen LogP contribution in [0.3, 0.4) is 0 Å². The summed E-state index contributed by atoms with van der Waals surface area (Å²) in [4.78, 5) is 27.2. The third kappa shape index (κ3) is 5.63. The lowest BCUT2D eigenvalue weighted by atomic mass is 10.1. The number of thiophene rings is 1. The second kappa shape index (κ2) is 10.1. The first-order valence-corrected chi connectivity index (χ1v) is 13.5. The SMILES string of the molecule is O=C(Nc1ccc(S(=O)(=O)Nc2cc(Br)ccc2C(=O)N2CCCCC2)s1)c1ccccc1. The predicted molar refractivity (Wildman–Crippen MR) is 133 cm³/mol. The highest BCUT2D eigenvalue weighted by Gasteiger charge is 2.25. The summed E-state index contributed by atoms with van der Waals surface area (Å²) in [5.41, 5.74) is 0.990. The van der Waals surface area contributed by atoms with E-state index < -0.39 is 10.0 Å². The normalized spacial score (nSPS) is 14.0. The molecule has 1 aliphatic heterocycles. The second-order valence-corrected chi connectivity index (χ2v) is 11.5. The molecule has 7 nitrogen and oxygen atoms in total. The number of piperidine rings is 1. The summed E-state index contributed by atoms with van der Waals surface area (Å²) in [5.74, 6) is -0.516. The van der Waals surface area contributed by atoms with E-state index in [1.807, 2.05) is 6.07 Å². The summed E-state index contributed by atoms with van der Waals surface area (Å²) in [7, 11) is -3.97. The Bertz CT molecular complexity index is 1270. The molecule has 33 heavy (non-hydrogen) atoms. The van der Waals surface area contributed by atoms with Crippen molar-refractivity contribution in [2.24, 2.45) is 0 Å². The van der Waals surface area contributed by atoms with Crippen LogP contribution in [0, 0.1) is 0 Å². The molecular formula is C23H22BrN3O4S2. The Morgan fingerprint density at radius 3 is 2.39 bits per heavy atom. The van der Waals surface area contributed by atoms with Crippen LogP contribution >= 0.6 is 27.3 Å². The van der Waals surface area contributed by atoms with Crippen LogP contribution in [-0.4, -0.2) is 38.2 Å². The quantitative estimate of drug-likeness (QED) is 0.443. The summed E-state index contributed by atoms with van der Waals surface area (Å²) in [6.45, 7) is 1.33. The molecule has 0 unspecified atom stereocenters. The van der Waals surface area contributed by atoms with Gasteiger partial charge in [0.2, 0.25) is 0 Å². The Morgan fingerprint density at radius 1 is 0.939 bits per heavy atom. The number of halogens is 1. The maximum absolute atomic E-state index is 13.1. The fourth-order valence-corrected chi connectivity index (χ4v) is 6.19. The van der Waals surface area contributed by atoms with Crippen molar-refractivity contribution in [1.82, 2.24) is 4.90 Å². The maximum Gasteiger partial charge on any atom is 0.271 e. The van der Waals surface area contributed by atoms with E-state index in [1.165, 1.54) is 6.07 Å². The van der Waals surface area contributed by atoms with Gasteiger partial charge in [0.1, 0.15) is 4.21 Å². The number of anilines is 2. The van der Waals surface area contributed by atoms with Crippen molar-refractivity contribution in [3.63, 3.8) is 0 Å². The minimum absolute atomic E-state index is 0.0298. The molecule has 1 aromatic heterocycles. The molecule has 2 amide bonds. The standard InChI is InChI=1S/C23H22BrN3O4S2/c24-17-9-10-18(23(29)27-13-5-2-6-14-27)19(15-17)26-33(30,31)21-12-11-20(32-21)25-22(28)16-7-3-1-4-8-16/h1,3-4,7-12,15,26H,2,5-6,13-14H2,(H,25,28). The van der Waals surface area contributed by atoms with Gasteiger partial charge < -0.3 is 10.2 Å². The Kier molecular flexibility index (Phi) is 7.16. The van der Waals surface area contributed by atoms with Gasteiger partial charge in [0, 0.05) is 23.1 Å². The van der Waals surface area contributed by atoms with E-state index in [0.717, 1.165) is 30.6 Å². The van der Waals surface area contributed by atoms with Gasteiger partial charge in [0.25, 0.3) is 21.8 Å². The van der Waals surface area contributed by atoms with Gasteiger partial charge in [0.05, 0.1) is 16.3 Å². The number of hydrogen-bond donors (Lipinski definition) is 2. The molecule has 4 rings (SSSR count). The summed E-state index contributed by atoms with van der Waals surface area (Å²) in [6, 6.07) is 16.6. The molecule has 0 saturated carbocycles. The smallest absolute Gasteiger partial charge is 0.271 e. The summed E-state index contributed by atoms with van der Waals surface area (Å²) < 4.78 is 29.4. The first-order chi connectivity index (χ1) is 15.8.